The van der Waals surface area contributed by atoms with Crippen LogP contribution in [0.4, 0.5) is 11.4 Å². The van der Waals surface area contributed by atoms with Crippen LogP contribution in [0.1, 0.15) is 49.8 Å². The average Bonchev–Trinajstić information content (AvgIpc) is 2.98. The summed E-state index contributed by atoms with van der Waals surface area (Å²) in [4.78, 5) is 31.7. The van der Waals surface area contributed by atoms with Gasteiger partial charge in [0.15, 0.2) is 5.17 Å². The van der Waals surface area contributed by atoms with Crippen molar-refractivity contribution in [3.63, 3.8) is 0 Å². The van der Waals surface area contributed by atoms with Crippen LogP contribution in [0, 0.1) is 13.8 Å². The molecule has 2 aromatic carbocycles. The van der Waals surface area contributed by atoms with E-state index in [9.17, 15) is 9.59 Å². The van der Waals surface area contributed by atoms with Gasteiger partial charge in [-0.05, 0) is 56.0 Å². The van der Waals surface area contributed by atoms with Gasteiger partial charge in [-0.2, -0.15) is 0 Å². The Labute approximate surface area is 183 Å². The Balaban J connectivity index is 1.71. The SMILES string of the molecule is CCN1C(=O)[C@H](CC(=O)Nc2ccc(C)cc2C)SC1=Nc1ccc(C(C)C)cc1. The van der Waals surface area contributed by atoms with E-state index < -0.39 is 5.25 Å². The second kappa shape index (κ2) is 9.47. The zero-order chi connectivity index (χ0) is 21.8. The van der Waals surface area contributed by atoms with Crippen molar-refractivity contribution in [2.45, 2.75) is 52.2 Å². The number of rotatable bonds is 6. The van der Waals surface area contributed by atoms with Crippen LogP contribution in [0.25, 0.3) is 0 Å². The summed E-state index contributed by atoms with van der Waals surface area (Å²) in [6, 6.07) is 14.0. The molecule has 1 heterocycles. The summed E-state index contributed by atoms with van der Waals surface area (Å²) in [5, 5.41) is 3.14. The molecular formula is C24H29N3O2S. The van der Waals surface area contributed by atoms with Crippen molar-refractivity contribution in [2.75, 3.05) is 11.9 Å². The number of aryl methyl sites for hydroxylation is 2. The van der Waals surface area contributed by atoms with E-state index in [1.807, 2.05) is 51.1 Å². The van der Waals surface area contributed by atoms with Crippen LogP contribution in [-0.2, 0) is 9.59 Å². The number of aliphatic imine (C=N–C) groups is 1. The lowest BCUT2D eigenvalue weighted by Gasteiger charge is -2.14. The molecule has 0 aliphatic carbocycles. The first kappa shape index (κ1) is 22.1. The molecule has 0 radical (unpaired) electrons. The van der Waals surface area contributed by atoms with E-state index in [2.05, 4.69) is 36.3 Å². The Bertz CT molecular complexity index is 967. The molecule has 1 N–H and O–H groups in total. The van der Waals surface area contributed by atoms with E-state index >= 15 is 0 Å². The number of amidine groups is 1. The molecule has 5 nitrogen and oxygen atoms in total. The molecule has 1 saturated heterocycles. The highest BCUT2D eigenvalue weighted by Crippen LogP contribution is 2.32. The number of thioether (sulfide) groups is 1. The molecule has 0 aromatic heterocycles. The summed E-state index contributed by atoms with van der Waals surface area (Å²) in [7, 11) is 0. The lowest BCUT2D eigenvalue weighted by Crippen LogP contribution is -2.33. The van der Waals surface area contributed by atoms with Gasteiger partial charge in [0.25, 0.3) is 0 Å². The number of anilines is 1. The van der Waals surface area contributed by atoms with Crippen molar-refractivity contribution in [3.05, 3.63) is 59.2 Å². The Morgan fingerprint density at radius 2 is 1.87 bits per heavy atom. The largest absolute Gasteiger partial charge is 0.326 e. The highest BCUT2D eigenvalue weighted by Gasteiger charge is 2.38. The van der Waals surface area contributed by atoms with Crippen molar-refractivity contribution in [1.29, 1.82) is 0 Å². The molecule has 0 unspecified atom stereocenters. The highest BCUT2D eigenvalue weighted by atomic mass is 32.2. The van der Waals surface area contributed by atoms with Crippen LogP contribution in [0.15, 0.2) is 47.5 Å². The van der Waals surface area contributed by atoms with Gasteiger partial charge in [0.1, 0.15) is 5.25 Å². The molecule has 1 aliphatic heterocycles. The molecule has 0 saturated carbocycles. The zero-order valence-corrected chi connectivity index (χ0v) is 19.0. The zero-order valence-electron chi connectivity index (χ0n) is 18.2. The van der Waals surface area contributed by atoms with Gasteiger partial charge in [-0.25, -0.2) is 4.99 Å². The molecule has 2 amide bonds. The van der Waals surface area contributed by atoms with E-state index in [0.29, 0.717) is 17.6 Å². The van der Waals surface area contributed by atoms with Gasteiger partial charge in [-0.1, -0.05) is 55.4 Å². The molecule has 1 atom stereocenters. The van der Waals surface area contributed by atoms with E-state index in [1.165, 1.54) is 17.3 Å². The van der Waals surface area contributed by atoms with E-state index in [1.54, 1.807) is 4.90 Å². The smallest absolute Gasteiger partial charge is 0.242 e. The molecule has 0 spiro atoms. The van der Waals surface area contributed by atoms with E-state index in [4.69, 9.17) is 0 Å². The predicted octanol–water partition coefficient (Wildman–Crippen LogP) is 5.41. The number of nitrogens with one attached hydrogen (secondary N) is 1. The third kappa shape index (κ3) is 5.11. The minimum absolute atomic E-state index is 0.0594. The number of carbonyl (C=O) groups is 2. The third-order valence-corrected chi connectivity index (χ3v) is 6.32. The summed E-state index contributed by atoms with van der Waals surface area (Å²) in [5.41, 5.74) is 5.01. The molecule has 1 aliphatic rings. The third-order valence-electron chi connectivity index (χ3n) is 5.15. The van der Waals surface area contributed by atoms with Gasteiger partial charge in [0.05, 0.1) is 5.69 Å². The summed E-state index contributed by atoms with van der Waals surface area (Å²) in [6.45, 7) is 10.7. The van der Waals surface area contributed by atoms with Crippen LogP contribution in [-0.4, -0.2) is 33.7 Å². The minimum Gasteiger partial charge on any atom is -0.326 e. The number of hydrogen-bond acceptors (Lipinski definition) is 4. The highest BCUT2D eigenvalue weighted by molar-refractivity contribution is 8.15. The standard InChI is InChI=1S/C24H29N3O2S/c1-6-27-23(29)21(14-22(28)26-20-12-7-16(4)13-17(20)5)30-24(27)25-19-10-8-18(9-11-19)15(2)3/h7-13,15,21H,6,14H2,1-5H3,(H,26,28)/t21-/m0/s1. The maximum absolute atomic E-state index is 12.8. The fraction of sp³-hybridized carbons (Fsp3) is 0.375. The van der Waals surface area contributed by atoms with Crippen molar-refractivity contribution in [1.82, 2.24) is 4.90 Å². The normalized spacial score (nSPS) is 17.8. The van der Waals surface area contributed by atoms with E-state index in [0.717, 1.165) is 22.5 Å². The average molecular weight is 424 g/mol. The van der Waals surface area contributed by atoms with Crippen LogP contribution >= 0.6 is 11.8 Å². The molecular weight excluding hydrogens is 394 g/mol. The first-order valence-corrected chi connectivity index (χ1v) is 11.2. The molecule has 6 heteroatoms. The van der Waals surface area contributed by atoms with Crippen LogP contribution in [0.2, 0.25) is 0 Å². The van der Waals surface area contributed by atoms with Crippen molar-refractivity contribution < 1.29 is 9.59 Å². The first-order chi connectivity index (χ1) is 14.3. The fourth-order valence-corrected chi connectivity index (χ4v) is 4.61. The number of benzene rings is 2. The predicted molar refractivity (Wildman–Crippen MR) is 126 cm³/mol. The summed E-state index contributed by atoms with van der Waals surface area (Å²) in [5.74, 6) is 0.239. The van der Waals surface area contributed by atoms with Gasteiger partial charge in [-0.15, -0.1) is 0 Å². The quantitative estimate of drug-likeness (QED) is 0.676. The Morgan fingerprint density at radius 3 is 2.47 bits per heavy atom. The van der Waals surface area contributed by atoms with E-state index in [-0.39, 0.29) is 18.2 Å². The monoisotopic (exact) mass is 423 g/mol. The second-order valence-electron chi connectivity index (χ2n) is 7.90. The Hall–Kier alpha value is -2.60. The Kier molecular flexibility index (Phi) is 6.98. The molecule has 1 fully saturated rings. The summed E-state index contributed by atoms with van der Waals surface area (Å²) >= 11 is 1.37. The summed E-state index contributed by atoms with van der Waals surface area (Å²) in [6.07, 6.45) is 0.124. The van der Waals surface area contributed by atoms with Gasteiger partial charge in [0, 0.05) is 18.7 Å². The van der Waals surface area contributed by atoms with Crippen LogP contribution in [0.3, 0.4) is 0 Å². The Morgan fingerprint density at radius 1 is 1.17 bits per heavy atom. The minimum atomic E-state index is -0.454. The maximum atomic E-state index is 12.8. The van der Waals surface area contributed by atoms with Crippen molar-refractivity contribution in [3.8, 4) is 0 Å². The molecule has 30 heavy (non-hydrogen) atoms. The molecule has 158 valence electrons. The molecule has 3 rings (SSSR count). The fourth-order valence-electron chi connectivity index (χ4n) is 3.38. The lowest BCUT2D eigenvalue weighted by molar-refractivity contribution is -0.128. The van der Waals surface area contributed by atoms with Gasteiger partial charge < -0.3 is 5.32 Å². The van der Waals surface area contributed by atoms with Crippen LogP contribution < -0.4 is 5.32 Å². The van der Waals surface area contributed by atoms with Crippen LogP contribution in [0.5, 0.6) is 0 Å². The number of hydrogen-bond donors (Lipinski definition) is 1. The number of carbonyl (C=O) groups excluding carboxylic acids is 2. The van der Waals surface area contributed by atoms with Crippen molar-refractivity contribution in [2.24, 2.45) is 4.99 Å². The first-order valence-electron chi connectivity index (χ1n) is 10.3. The summed E-state index contributed by atoms with van der Waals surface area (Å²) < 4.78 is 0. The molecule has 0 bridgehead atoms. The number of amides is 2. The second-order valence-corrected chi connectivity index (χ2v) is 9.07. The van der Waals surface area contributed by atoms with Crippen molar-refractivity contribution >= 4 is 40.1 Å². The van der Waals surface area contributed by atoms with Gasteiger partial charge >= 0.3 is 0 Å². The lowest BCUT2D eigenvalue weighted by atomic mass is 10.0. The molecule has 2 aromatic rings. The van der Waals surface area contributed by atoms with Gasteiger partial charge in [0.2, 0.25) is 11.8 Å². The van der Waals surface area contributed by atoms with Gasteiger partial charge in [-0.3, -0.25) is 14.5 Å². The maximum Gasteiger partial charge on any atom is 0.242 e. The number of nitrogens with zero attached hydrogens (tertiary/aromatic N) is 2. The topological polar surface area (TPSA) is 61.8 Å².